The minimum absolute atomic E-state index is 0.792. The quantitative estimate of drug-likeness (QED) is 0.615. The van der Waals surface area contributed by atoms with Crippen LogP contribution in [0.5, 0.6) is 0 Å². The molecular formula is C11H18P+. The Bertz CT molecular complexity index is 236. The zero-order valence-electron chi connectivity index (χ0n) is 8.41. The van der Waals surface area contributed by atoms with Gasteiger partial charge in [0.2, 0.25) is 0 Å². The highest BCUT2D eigenvalue weighted by molar-refractivity contribution is 7.82. The highest BCUT2D eigenvalue weighted by Gasteiger charge is 2.31. The van der Waals surface area contributed by atoms with Crippen LogP contribution in [0, 0.1) is 0 Å². The van der Waals surface area contributed by atoms with E-state index in [1.807, 2.05) is 0 Å². The molecular weight excluding hydrogens is 163 g/mol. The zero-order chi connectivity index (χ0) is 9.19. The second-order valence-electron chi connectivity index (χ2n) is 3.97. The lowest BCUT2D eigenvalue weighted by molar-refractivity contribution is 1.08. The predicted octanol–water partition coefficient (Wildman–Crippen LogP) is 3.00. The third-order valence-corrected chi connectivity index (χ3v) is 6.92. The molecule has 0 saturated heterocycles. The van der Waals surface area contributed by atoms with Gasteiger partial charge in [0.25, 0.3) is 0 Å². The first-order valence-corrected chi connectivity index (χ1v) is 7.19. The van der Waals surface area contributed by atoms with Crippen LogP contribution in [0.4, 0.5) is 0 Å². The topological polar surface area (TPSA) is 0 Å². The number of hydrogen-bond donors (Lipinski definition) is 0. The molecule has 0 radical (unpaired) electrons. The second kappa shape index (κ2) is 3.58. The van der Waals surface area contributed by atoms with Gasteiger partial charge in [-0.05, 0) is 26.0 Å². The van der Waals surface area contributed by atoms with Crippen molar-refractivity contribution >= 4 is 12.6 Å². The van der Waals surface area contributed by atoms with Gasteiger partial charge in [0, 0.05) is 7.26 Å². The number of benzene rings is 1. The molecule has 12 heavy (non-hydrogen) atoms. The van der Waals surface area contributed by atoms with Gasteiger partial charge < -0.3 is 0 Å². The Morgan fingerprint density at radius 1 is 1.00 bits per heavy atom. The molecule has 0 bridgehead atoms. The van der Waals surface area contributed by atoms with E-state index in [0.29, 0.717) is 0 Å². The molecule has 66 valence electrons. The largest absolute Gasteiger partial charge is 0.0936 e. The summed E-state index contributed by atoms with van der Waals surface area (Å²) in [7, 11) is -0.867. The summed E-state index contributed by atoms with van der Waals surface area (Å²) in [5, 5.41) is 1.54. The van der Waals surface area contributed by atoms with Gasteiger partial charge in [-0.2, -0.15) is 0 Å². The van der Waals surface area contributed by atoms with Crippen molar-refractivity contribution in [3.63, 3.8) is 0 Å². The van der Waals surface area contributed by atoms with Crippen molar-refractivity contribution in [2.45, 2.75) is 19.5 Å². The first-order chi connectivity index (χ1) is 5.55. The third-order valence-electron chi connectivity index (χ3n) is 2.71. The predicted molar refractivity (Wildman–Crippen MR) is 60.0 cm³/mol. The van der Waals surface area contributed by atoms with E-state index in [4.69, 9.17) is 0 Å². The van der Waals surface area contributed by atoms with E-state index in [-0.39, 0.29) is 0 Å². The summed E-state index contributed by atoms with van der Waals surface area (Å²) in [6.45, 7) is 9.46. The van der Waals surface area contributed by atoms with Gasteiger partial charge in [0.15, 0.2) is 0 Å². The maximum absolute atomic E-state index is 2.41. The van der Waals surface area contributed by atoms with E-state index in [1.165, 1.54) is 0 Å². The number of hydrogen-bond acceptors (Lipinski definition) is 0. The molecule has 0 aliphatic rings. The van der Waals surface area contributed by atoms with E-state index < -0.39 is 7.26 Å². The van der Waals surface area contributed by atoms with Crippen LogP contribution in [-0.2, 0) is 0 Å². The van der Waals surface area contributed by atoms with Crippen LogP contribution < -0.4 is 5.30 Å². The fraction of sp³-hybridized carbons (Fsp3) is 0.455. The van der Waals surface area contributed by atoms with Gasteiger partial charge in [0.05, 0.1) is 24.3 Å². The Morgan fingerprint density at radius 3 is 1.92 bits per heavy atom. The van der Waals surface area contributed by atoms with Gasteiger partial charge >= 0.3 is 0 Å². The van der Waals surface area contributed by atoms with Crippen LogP contribution in [0.3, 0.4) is 0 Å². The maximum atomic E-state index is 2.41. The molecule has 1 rings (SSSR count). The lowest BCUT2D eigenvalue weighted by atomic mass is 10.4. The Labute approximate surface area is 76.3 Å². The van der Waals surface area contributed by atoms with Gasteiger partial charge in [0.1, 0.15) is 0 Å². The molecule has 0 nitrogen and oxygen atoms in total. The summed E-state index contributed by atoms with van der Waals surface area (Å²) in [5.74, 6) is 0. The van der Waals surface area contributed by atoms with Crippen molar-refractivity contribution in [3.05, 3.63) is 30.3 Å². The molecule has 0 saturated carbocycles. The minimum Gasteiger partial charge on any atom is -0.0620 e. The van der Waals surface area contributed by atoms with Crippen molar-refractivity contribution < 1.29 is 0 Å². The lowest BCUT2D eigenvalue weighted by Crippen LogP contribution is -2.16. The summed E-state index contributed by atoms with van der Waals surface area (Å²) in [4.78, 5) is 0. The van der Waals surface area contributed by atoms with Gasteiger partial charge in [-0.15, -0.1) is 0 Å². The second-order valence-corrected chi connectivity index (χ2v) is 8.60. The normalized spacial score (nSPS) is 12.1. The van der Waals surface area contributed by atoms with E-state index in [0.717, 1.165) is 5.66 Å². The fourth-order valence-electron chi connectivity index (χ4n) is 1.11. The van der Waals surface area contributed by atoms with Crippen molar-refractivity contribution in [3.8, 4) is 0 Å². The van der Waals surface area contributed by atoms with Crippen LogP contribution in [-0.4, -0.2) is 19.0 Å². The summed E-state index contributed by atoms with van der Waals surface area (Å²) in [5.41, 5.74) is 0.792. The van der Waals surface area contributed by atoms with Crippen LogP contribution in [0.15, 0.2) is 30.3 Å². The molecule has 0 fully saturated rings. The highest BCUT2D eigenvalue weighted by Crippen LogP contribution is 2.54. The SMILES string of the molecule is CC(C)[P+](C)(C)c1ccccc1. The smallest absolute Gasteiger partial charge is 0.0620 e. The average molecular weight is 181 g/mol. The minimum atomic E-state index is -0.867. The molecule has 0 N–H and O–H groups in total. The molecule has 1 heteroatoms. The number of rotatable bonds is 2. The van der Waals surface area contributed by atoms with E-state index in [2.05, 4.69) is 57.5 Å². The van der Waals surface area contributed by atoms with Gasteiger partial charge in [-0.1, -0.05) is 18.2 Å². The lowest BCUT2D eigenvalue weighted by Gasteiger charge is -2.21. The fourth-order valence-corrected chi connectivity index (χ4v) is 2.65. The highest BCUT2D eigenvalue weighted by atomic mass is 31.2. The summed E-state index contributed by atoms with van der Waals surface area (Å²) >= 11 is 0. The first kappa shape index (κ1) is 9.74. The zero-order valence-corrected chi connectivity index (χ0v) is 9.31. The van der Waals surface area contributed by atoms with Crippen molar-refractivity contribution in [2.24, 2.45) is 0 Å². The molecule has 0 heterocycles. The molecule has 1 aromatic rings. The van der Waals surface area contributed by atoms with Crippen molar-refractivity contribution in [1.29, 1.82) is 0 Å². The molecule has 0 spiro atoms. The monoisotopic (exact) mass is 181 g/mol. The first-order valence-electron chi connectivity index (χ1n) is 4.44. The molecule has 0 amide bonds. The van der Waals surface area contributed by atoms with Crippen molar-refractivity contribution in [1.82, 2.24) is 0 Å². The molecule has 0 aromatic heterocycles. The molecule has 0 aliphatic heterocycles. The van der Waals surface area contributed by atoms with Crippen molar-refractivity contribution in [2.75, 3.05) is 13.3 Å². The standard InChI is InChI=1S/C11H18P/c1-10(2)12(3,4)11-8-6-5-7-9-11/h5-10H,1-4H3/q+1. The summed E-state index contributed by atoms with van der Waals surface area (Å²) in [6, 6.07) is 10.9. The van der Waals surface area contributed by atoms with E-state index >= 15 is 0 Å². The van der Waals surface area contributed by atoms with Crippen LogP contribution >= 0.6 is 7.26 Å². The molecule has 0 aliphatic carbocycles. The molecule has 0 atom stereocenters. The molecule has 1 aromatic carbocycles. The van der Waals surface area contributed by atoms with Gasteiger partial charge in [-0.3, -0.25) is 0 Å². The summed E-state index contributed by atoms with van der Waals surface area (Å²) in [6.07, 6.45) is 0. The van der Waals surface area contributed by atoms with Crippen LogP contribution in [0.1, 0.15) is 13.8 Å². The third kappa shape index (κ3) is 1.87. The summed E-state index contributed by atoms with van der Waals surface area (Å²) < 4.78 is 0. The van der Waals surface area contributed by atoms with E-state index in [1.54, 1.807) is 5.30 Å². The molecule has 0 unspecified atom stereocenters. The Balaban J connectivity index is 2.98. The average Bonchev–Trinajstić information content (AvgIpc) is 2.06. The van der Waals surface area contributed by atoms with Gasteiger partial charge in [-0.25, -0.2) is 0 Å². The van der Waals surface area contributed by atoms with Crippen LogP contribution in [0.2, 0.25) is 0 Å². The van der Waals surface area contributed by atoms with E-state index in [9.17, 15) is 0 Å². The van der Waals surface area contributed by atoms with Crippen LogP contribution in [0.25, 0.3) is 0 Å². The maximum Gasteiger partial charge on any atom is 0.0936 e. The Hall–Kier alpha value is -0.350. The Morgan fingerprint density at radius 2 is 1.50 bits per heavy atom. The Kier molecular flexibility index (Phi) is 2.90.